The van der Waals surface area contributed by atoms with Crippen molar-refractivity contribution in [2.24, 2.45) is 0 Å². The van der Waals surface area contributed by atoms with Crippen LogP contribution in [-0.2, 0) is 4.74 Å². The van der Waals surface area contributed by atoms with Crippen molar-refractivity contribution < 1.29 is 14.3 Å². The average molecular weight is 340 g/mol. The summed E-state index contributed by atoms with van der Waals surface area (Å²) < 4.78 is 5.64. The van der Waals surface area contributed by atoms with Crippen molar-refractivity contribution in [3.63, 3.8) is 0 Å². The van der Waals surface area contributed by atoms with Gasteiger partial charge in [0.25, 0.3) is 0 Å². The van der Waals surface area contributed by atoms with E-state index in [4.69, 9.17) is 4.74 Å². The minimum absolute atomic E-state index is 0.00845. The summed E-state index contributed by atoms with van der Waals surface area (Å²) in [6, 6.07) is 16.2. The van der Waals surface area contributed by atoms with Crippen LogP contribution in [0.2, 0.25) is 0 Å². The lowest BCUT2D eigenvalue weighted by Crippen LogP contribution is -2.21. The first kappa shape index (κ1) is 16.8. The number of hydrogen-bond donors (Lipinski definition) is 0. The van der Waals surface area contributed by atoms with Gasteiger partial charge in [-0.05, 0) is 49.6 Å². The van der Waals surface area contributed by atoms with Crippen molar-refractivity contribution in [1.29, 1.82) is 0 Å². The third-order valence-corrected chi connectivity index (χ3v) is 5.14. The van der Waals surface area contributed by atoms with Crippen molar-refractivity contribution in [3.8, 4) is 0 Å². The largest absolute Gasteiger partial charge is 0.459 e. The number of carbonyl (C=O) groups is 2. The summed E-state index contributed by atoms with van der Waals surface area (Å²) in [5.41, 5.74) is 1.09. The third-order valence-electron chi connectivity index (χ3n) is 4.15. The molecule has 24 heavy (non-hydrogen) atoms. The molecule has 0 spiro atoms. The highest BCUT2D eigenvalue weighted by Gasteiger charge is 2.21. The Bertz CT molecular complexity index is 706. The summed E-state index contributed by atoms with van der Waals surface area (Å²) in [4.78, 5) is 25.5. The normalized spacial score (nSPS) is 15.0. The standard InChI is InChI=1S/C20H20O3S/c21-19(23-16-11-5-2-6-12-16)17-13-7-8-14-18(17)24-20(22)15-9-3-1-4-10-15/h1,3-4,7-10,13-14,16H,2,5-6,11-12H2. The lowest BCUT2D eigenvalue weighted by Gasteiger charge is -2.22. The Morgan fingerprint density at radius 2 is 1.54 bits per heavy atom. The first-order chi connectivity index (χ1) is 11.7. The Morgan fingerprint density at radius 3 is 2.29 bits per heavy atom. The molecule has 2 aromatic carbocycles. The zero-order valence-corrected chi connectivity index (χ0v) is 14.3. The van der Waals surface area contributed by atoms with Gasteiger partial charge in [0, 0.05) is 10.5 Å². The molecule has 3 rings (SSSR count). The smallest absolute Gasteiger partial charge is 0.339 e. The van der Waals surface area contributed by atoms with Gasteiger partial charge in [0.15, 0.2) is 0 Å². The summed E-state index contributed by atoms with van der Waals surface area (Å²) in [7, 11) is 0. The van der Waals surface area contributed by atoms with Crippen LogP contribution in [0.4, 0.5) is 0 Å². The maximum absolute atomic E-state index is 12.5. The number of rotatable bonds is 4. The molecule has 1 aliphatic carbocycles. The summed E-state index contributed by atoms with van der Waals surface area (Å²) in [6.07, 6.45) is 5.32. The first-order valence-electron chi connectivity index (χ1n) is 8.31. The van der Waals surface area contributed by atoms with Crippen LogP contribution in [0.25, 0.3) is 0 Å². The molecule has 1 aliphatic rings. The minimum Gasteiger partial charge on any atom is -0.459 e. The fourth-order valence-corrected chi connectivity index (χ4v) is 3.72. The molecule has 0 aromatic heterocycles. The number of hydrogen-bond acceptors (Lipinski definition) is 4. The van der Waals surface area contributed by atoms with E-state index < -0.39 is 0 Å². The lowest BCUT2D eigenvalue weighted by molar-refractivity contribution is 0.0207. The maximum Gasteiger partial charge on any atom is 0.339 e. The molecule has 0 bridgehead atoms. The topological polar surface area (TPSA) is 43.4 Å². The molecule has 0 N–H and O–H groups in total. The highest BCUT2D eigenvalue weighted by atomic mass is 32.2. The van der Waals surface area contributed by atoms with E-state index in [1.165, 1.54) is 6.42 Å². The van der Waals surface area contributed by atoms with Crippen molar-refractivity contribution >= 4 is 22.8 Å². The minimum atomic E-state index is -0.328. The van der Waals surface area contributed by atoms with Crippen LogP contribution in [0, 0.1) is 0 Å². The van der Waals surface area contributed by atoms with Gasteiger partial charge in [-0.15, -0.1) is 0 Å². The van der Waals surface area contributed by atoms with E-state index in [2.05, 4.69) is 0 Å². The van der Waals surface area contributed by atoms with Crippen LogP contribution in [0.1, 0.15) is 52.8 Å². The fourth-order valence-electron chi connectivity index (χ4n) is 2.86. The predicted molar refractivity (Wildman–Crippen MR) is 95.4 cm³/mol. The lowest BCUT2D eigenvalue weighted by atomic mass is 9.98. The van der Waals surface area contributed by atoms with E-state index in [0.717, 1.165) is 37.4 Å². The van der Waals surface area contributed by atoms with Crippen LogP contribution in [0.3, 0.4) is 0 Å². The molecular formula is C20H20O3S. The molecule has 124 valence electrons. The maximum atomic E-state index is 12.5. The molecular weight excluding hydrogens is 320 g/mol. The van der Waals surface area contributed by atoms with Crippen LogP contribution in [0.5, 0.6) is 0 Å². The summed E-state index contributed by atoms with van der Waals surface area (Å²) in [5.74, 6) is -0.328. The van der Waals surface area contributed by atoms with Gasteiger partial charge in [-0.1, -0.05) is 48.9 Å². The molecule has 0 radical (unpaired) electrons. The summed E-state index contributed by atoms with van der Waals surface area (Å²) >= 11 is 1.07. The second-order valence-electron chi connectivity index (χ2n) is 5.92. The SMILES string of the molecule is O=C(Sc1ccccc1C(=O)OC1CCCCC1)c1ccccc1. The highest BCUT2D eigenvalue weighted by Crippen LogP contribution is 2.28. The monoisotopic (exact) mass is 340 g/mol. The van der Waals surface area contributed by atoms with Crippen molar-refractivity contribution in [3.05, 3.63) is 65.7 Å². The van der Waals surface area contributed by atoms with E-state index in [1.54, 1.807) is 30.3 Å². The van der Waals surface area contributed by atoms with Crippen LogP contribution >= 0.6 is 11.8 Å². The molecule has 0 atom stereocenters. The van der Waals surface area contributed by atoms with Crippen molar-refractivity contribution in [2.75, 3.05) is 0 Å². The Hall–Kier alpha value is -2.07. The van der Waals surface area contributed by atoms with Gasteiger partial charge < -0.3 is 4.74 Å². The quantitative estimate of drug-likeness (QED) is 0.573. The average Bonchev–Trinajstić information content (AvgIpc) is 2.63. The molecule has 0 unspecified atom stereocenters. The van der Waals surface area contributed by atoms with E-state index >= 15 is 0 Å². The van der Waals surface area contributed by atoms with E-state index in [0.29, 0.717) is 16.0 Å². The van der Waals surface area contributed by atoms with Crippen LogP contribution < -0.4 is 0 Å². The van der Waals surface area contributed by atoms with Crippen LogP contribution in [-0.4, -0.2) is 17.2 Å². The number of benzene rings is 2. The highest BCUT2D eigenvalue weighted by molar-refractivity contribution is 8.14. The van der Waals surface area contributed by atoms with E-state index in [1.807, 2.05) is 24.3 Å². The number of esters is 1. The molecule has 4 heteroatoms. The molecule has 1 saturated carbocycles. The molecule has 1 fully saturated rings. The molecule has 0 saturated heterocycles. The van der Waals surface area contributed by atoms with Gasteiger partial charge in [-0.25, -0.2) is 4.79 Å². The predicted octanol–water partition coefficient (Wildman–Crippen LogP) is 5.11. The third kappa shape index (κ3) is 4.26. The van der Waals surface area contributed by atoms with Crippen LogP contribution in [0.15, 0.2) is 59.5 Å². The Kier molecular flexibility index (Phi) is 5.70. The molecule has 0 heterocycles. The van der Waals surface area contributed by atoms with E-state index in [-0.39, 0.29) is 17.2 Å². The van der Waals surface area contributed by atoms with Gasteiger partial charge in [-0.2, -0.15) is 0 Å². The van der Waals surface area contributed by atoms with Gasteiger partial charge in [0.05, 0.1) is 5.56 Å². The first-order valence-corrected chi connectivity index (χ1v) is 9.13. The van der Waals surface area contributed by atoms with Crippen molar-refractivity contribution in [1.82, 2.24) is 0 Å². The zero-order valence-electron chi connectivity index (χ0n) is 13.4. The Labute approximate surface area is 146 Å². The van der Waals surface area contributed by atoms with E-state index in [9.17, 15) is 9.59 Å². The summed E-state index contributed by atoms with van der Waals surface area (Å²) in [5, 5.41) is -0.0754. The van der Waals surface area contributed by atoms with Crippen molar-refractivity contribution in [2.45, 2.75) is 43.1 Å². The van der Waals surface area contributed by atoms with Gasteiger partial charge in [-0.3, -0.25) is 4.79 Å². The van der Waals surface area contributed by atoms with Gasteiger partial charge >= 0.3 is 5.97 Å². The summed E-state index contributed by atoms with van der Waals surface area (Å²) in [6.45, 7) is 0. The Balaban J connectivity index is 1.72. The second-order valence-corrected chi connectivity index (χ2v) is 6.93. The Morgan fingerprint density at radius 1 is 0.875 bits per heavy atom. The zero-order chi connectivity index (χ0) is 16.8. The molecule has 2 aromatic rings. The van der Waals surface area contributed by atoms with Gasteiger partial charge in [0.2, 0.25) is 5.12 Å². The van der Waals surface area contributed by atoms with Gasteiger partial charge in [0.1, 0.15) is 6.10 Å². The molecule has 3 nitrogen and oxygen atoms in total. The fraction of sp³-hybridized carbons (Fsp3) is 0.300. The molecule has 0 aliphatic heterocycles. The number of carbonyl (C=O) groups excluding carboxylic acids is 2. The number of thioether (sulfide) groups is 1. The molecule has 0 amide bonds. The number of ether oxygens (including phenoxy) is 1. The second kappa shape index (κ2) is 8.15.